The zero-order chi connectivity index (χ0) is 9.30. The zero-order valence-electron chi connectivity index (χ0n) is 5.71. The van der Waals surface area contributed by atoms with E-state index in [0.29, 0.717) is 3.57 Å². The molecular formula is C7H4ClIO3. The molecule has 0 aromatic heterocycles. The van der Waals surface area contributed by atoms with E-state index in [2.05, 4.69) is 0 Å². The first kappa shape index (κ1) is 9.60. The molecule has 12 heavy (non-hydrogen) atoms. The van der Waals surface area contributed by atoms with Crippen LogP contribution in [-0.4, -0.2) is 16.2 Å². The summed E-state index contributed by atoms with van der Waals surface area (Å²) in [6.45, 7) is 0. The van der Waals surface area contributed by atoms with E-state index >= 15 is 0 Å². The molecule has 0 unspecified atom stereocenters. The first-order valence-corrected chi connectivity index (χ1v) is 4.40. The normalized spacial score (nSPS) is 9.83. The van der Waals surface area contributed by atoms with Gasteiger partial charge in [0.1, 0.15) is 5.75 Å². The Morgan fingerprint density at radius 1 is 1.50 bits per heavy atom. The highest BCUT2D eigenvalue weighted by atomic mass is 127. The smallest absolute Gasteiger partial charge is 0.337 e. The van der Waals surface area contributed by atoms with E-state index in [-0.39, 0.29) is 16.3 Å². The predicted octanol–water partition coefficient (Wildman–Crippen LogP) is 2.35. The summed E-state index contributed by atoms with van der Waals surface area (Å²) >= 11 is 7.42. The third kappa shape index (κ3) is 1.64. The minimum absolute atomic E-state index is 0.0883. The topological polar surface area (TPSA) is 57.5 Å². The van der Waals surface area contributed by atoms with Gasteiger partial charge < -0.3 is 10.2 Å². The van der Waals surface area contributed by atoms with E-state index in [1.165, 1.54) is 12.1 Å². The molecule has 0 amide bonds. The van der Waals surface area contributed by atoms with Gasteiger partial charge in [-0.05, 0) is 34.7 Å². The quantitative estimate of drug-likeness (QED) is 0.783. The summed E-state index contributed by atoms with van der Waals surface area (Å²) in [6, 6.07) is 2.84. The average molecular weight is 298 g/mol. The highest BCUT2D eigenvalue weighted by molar-refractivity contribution is 14.1. The lowest BCUT2D eigenvalue weighted by atomic mass is 10.2. The molecule has 0 fully saturated rings. The van der Waals surface area contributed by atoms with Gasteiger partial charge in [-0.3, -0.25) is 0 Å². The Morgan fingerprint density at radius 2 is 2.08 bits per heavy atom. The highest BCUT2D eigenvalue weighted by Gasteiger charge is 2.13. The Hall–Kier alpha value is -0.490. The molecule has 64 valence electrons. The maximum atomic E-state index is 10.5. The Morgan fingerprint density at radius 3 is 2.58 bits per heavy atom. The summed E-state index contributed by atoms with van der Waals surface area (Å²) < 4.78 is 0.530. The van der Waals surface area contributed by atoms with Gasteiger partial charge in [0.25, 0.3) is 0 Å². The summed E-state index contributed by atoms with van der Waals surface area (Å²) in [5.74, 6) is -1.33. The summed E-state index contributed by atoms with van der Waals surface area (Å²) in [5.41, 5.74) is -0.0883. The molecule has 0 atom stereocenters. The number of carboxylic acid groups (broad SMARTS) is 1. The van der Waals surface area contributed by atoms with Crippen molar-refractivity contribution in [3.05, 3.63) is 26.3 Å². The largest absolute Gasteiger partial charge is 0.505 e. The summed E-state index contributed by atoms with van der Waals surface area (Å²) in [5, 5.41) is 17.7. The molecule has 0 aliphatic carbocycles. The summed E-state index contributed by atoms with van der Waals surface area (Å²) in [4.78, 5) is 10.5. The zero-order valence-corrected chi connectivity index (χ0v) is 8.63. The van der Waals surface area contributed by atoms with Crippen molar-refractivity contribution in [1.29, 1.82) is 0 Å². The second-order valence-electron chi connectivity index (χ2n) is 2.06. The molecule has 5 heteroatoms. The van der Waals surface area contributed by atoms with Gasteiger partial charge in [0.05, 0.1) is 14.2 Å². The van der Waals surface area contributed by atoms with Gasteiger partial charge in [-0.15, -0.1) is 0 Å². The minimum Gasteiger partial charge on any atom is -0.505 e. The van der Waals surface area contributed by atoms with Gasteiger partial charge in [0.15, 0.2) is 0 Å². The van der Waals surface area contributed by atoms with Crippen molar-refractivity contribution in [3.63, 3.8) is 0 Å². The van der Waals surface area contributed by atoms with Crippen LogP contribution >= 0.6 is 34.2 Å². The molecule has 0 radical (unpaired) electrons. The van der Waals surface area contributed by atoms with Gasteiger partial charge in [-0.25, -0.2) is 4.79 Å². The number of phenols is 1. The Balaban J connectivity index is 3.36. The monoisotopic (exact) mass is 298 g/mol. The van der Waals surface area contributed by atoms with E-state index in [1.54, 1.807) is 0 Å². The number of phenolic OH excluding ortho intramolecular Hbond substituents is 1. The molecule has 1 rings (SSSR count). The van der Waals surface area contributed by atoms with E-state index in [4.69, 9.17) is 16.7 Å². The number of aromatic carboxylic acids is 1. The highest BCUT2D eigenvalue weighted by Crippen LogP contribution is 2.31. The maximum Gasteiger partial charge on any atom is 0.337 e. The van der Waals surface area contributed by atoms with Crippen molar-refractivity contribution in [2.75, 3.05) is 0 Å². The SMILES string of the molecule is O=C(O)c1ccc(I)c(O)c1Cl. The molecule has 0 aliphatic rings. The number of aromatic hydroxyl groups is 1. The number of carbonyl (C=O) groups is 1. The van der Waals surface area contributed by atoms with Crippen LogP contribution in [0.15, 0.2) is 12.1 Å². The standard InChI is InChI=1S/C7H4ClIO3/c8-5-3(7(11)12)1-2-4(9)6(5)10/h1-2,10H,(H,11,12). The Kier molecular flexibility index (Phi) is 2.79. The number of halogens is 2. The lowest BCUT2D eigenvalue weighted by molar-refractivity contribution is 0.0696. The van der Waals surface area contributed by atoms with Gasteiger partial charge >= 0.3 is 5.97 Å². The Bertz CT molecular complexity index is 338. The third-order valence-electron chi connectivity index (χ3n) is 1.30. The van der Waals surface area contributed by atoms with E-state index in [9.17, 15) is 9.90 Å². The maximum absolute atomic E-state index is 10.5. The van der Waals surface area contributed by atoms with Crippen molar-refractivity contribution >= 4 is 40.2 Å². The lowest BCUT2D eigenvalue weighted by Gasteiger charge is -2.02. The van der Waals surface area contributed by atoms with Crippen molar-refractivity contribution < 1.29 is 15.0 Å². The van der Waals surface area contributed by atoms with Crippen LogP contribution in [0.3, 0.4) is 0 Å². The molecule has 3 nitrogen and oxygen atoms in total. The van der Waals surface area contributed by atoms with Crippen LogP contribution in [0, 0.1) is 3.57 Å². The van der Waals surface area contributed by atoms with Crippen molar-refractivity contribution in [2.45, 2.75) is 0 Å². The fourth-order valence-electron chi connectivity index (χ4n) is 0.706. The Labute approximate surface area is 87.1 Å². The molecule has 0 saturated heterocycles. The van der Waals surface area contributed by atoms with Crippen LogP contribution in [0.5, 0.6) is 5.75 Å². The van der Waals surface area contributed by atoms with Gasteiger partial charge in [-0.2, -0.15) is 0 Å². The van der Waals surface area contributed by atoms with E-state index < -0.39 is 5.97 Å². The van der Waals surface area contributed by atoms with E-state index in [1.807, 2.05) is 22.6 Å². The second kappa shape index (κ2) is 3.49. The number of carboxylic acids is 1. The van der Waals surface area contributed by atoms with Crippen LogP contribution in [-0.2, 0) is 0 Å². The molecule has 1 aromatic rings. The molecule has 0 spiro atoms. The van der Waals surface area contributed by atoms with Crippen LogP contribution in [0.1, 0.15) is 10.4 Å². The van der Waals surface area contributed by atoms with Crippen molar-refractivity contribution in [1.82, 2.24) is 0 Å². The number of benzene rings is 1. The molecule has 2 N–H and O–H groups in total. The second-order valence-corrected chi connectivity index (χ2v) is 3.60. The average Bonchev–Trinajstić information content (AvgIpc) is 2.00. The first-order chi connectivity index (χ1) is 5.54. The molecular weight excluding hydrogens is 294 g/mol. The van der Waals surface area contributed by atoms with Crippen LogP contribution in [0.2, 0.25) is 5.02 Å². The first-order valence-electron chi connectivity index (χ1n) is 2.94. The molecule has 0 bridgehead atoms. The summed E-state index contributed by atoms with van der Waals surface area (Å²) in [7, 11) is 0. The predicted molar refractivity (Wildman–Crippen MR) is 52.8 cm³/mol. The molecule has 1 aromatic carbocycles. The number of rotatable bonds is 1. The van der Waals surface area contributed by atoms with Crippen molar-refractivity contribution in [2.24, 2.45) is 0 Å². The van der Waals surface area contributed by atoms with Crippen LogP contribution in [0.25, 0.3) is 0 Å². The number of hydrogen-bond donors (Lipinski definition) is 2. The van der Waals surface area contributed by atoms with E-state index in [0.717, 1.165) is 0 Å². The van der Waals surface area contributed by atoms with Crippen LogP contribution < -0.4 is 0 Å². The fourth-order valence-corrected chi connectivity index (χ4v) is 1.56. The summed E-state index contributed by atoms with van der Waals surface area (Å²) in [6.07, 6.45) is 0. The van der Waals surface area contributed by atoms with Gasteiger partial charge in [0, 0.05) is 0 Å². The minimum atomic E-state index is -1.15. The van der Waals surface area contributed by atoms with Gasteiger partial charge in [0.2, 0.25) is 0 Å². The fraction of sp³-hybridized carbons (Fsp3) is 0. The molecule has 0 heterocycles. The van der Waals surface area contributed by atoms with Crippen molar-refractivity contribution in [3.8, 4) is 5.75 Å². The number of hydrogen-bond acceptors (Lipinski definition) is 2. The molecule has 0 aliphatic heterocycles. The third-order valence-corrected chi connectivity index (χ3v) is 2.55. The van der Waals surface area contributed by atoms with Gasteiger partial charge in [-0.1, -0.05) is 11.6 Å². The lowest BCUT2D eigenvalue weighted by Crippen LogP contribution is -1.97. The molecule has 0 saturated carbocycles. The van der Waals surface area contributed by atoms with Crippen LogP contribution in [0.4, 0.5) is 0 Å².